The van der Waals surface area contributed by atoms with Crippen LogP contribution in [0.3, 0.4) is 0 Å². The van der Waals surface area contributed by atoms with Crippen LogP contribution in [0.4, 0.5) is 0 Å². The van der Waals surface area contributed by atoms with Gasteiger partial charge in [-0.25, -0.2) is 9.97 Å². The Balaban J connectivity index is 2.07. The Morgan fingerprint density at radius 1 is 1.06 bits per heavy atom. The highest BCUT2D eigenvalue weighted by Gasteiger charge is 2.08. The standard InChI is InChI=1S/C14H18N4/c1-14(2,3)18-10-11-8-16-13(17-9-11)12-4-6-15-7-5-12/h4-9,18H,10H2,1-3H3. The molecule has 0 fully saturated rings. The monoisotopic (exact) mass is 242 g/mol. The molecule has 2 heterocycles. The van der Waals surface area contributed by atoms with E-state index in [-0.39, 0.29) is 5.54 Å². The first-order valence-electron chi connectivity index (χ1n) is 6.01. The molecule has 2 aromatic heterocycles. The van der Waals surface area contributed by atoms with Gasteiger partial charge in [0, 0.05) is 48.0 Å². The quantitative estimate of drug-likeness (QED) is 0.898. The van der Waals surface area contributed by atoms with Crippen molar-refractivity contribution in [2.24, 2.45) is 0 Å². The summed E-state index contributed by atoms with van der Waals surface area (Å²) in [7, 11) is 0. The first-order chi connectivity index (χ1) is 8.54. The average molecular weight is 242 g/mol. The lowest BCUT2D eigenvalue weighted by atomic mass is 10.1. The van der Waals surface area contributed by atoms with Crippen molar-refractivity contribution in [1.29, 1.82) is 0 Å². The molecule has 0 aliphatic heterocycles. The smallest absolute Gasteiger partial charge is 0.159 e. The van der Waals surface area contributed by atoms with Crippen molar-refractivity contribution in [1.82, 2.24) is 20.3 Å². The molecule has 0 amide bonds. The highest BCUT2D eigenvalue weighted by atomic mass is 15.0. The summed E-state index contributed by atoms with van der Waals surface area (Å²) < 4.78 is 0. The molecular formula is C14H18N4. The van der Waals surface area contributed by atoms with Gasteiger partial charge in [0.15, 0.2) is 5.82 Å². The number of rotatable bonds is 3. The Morgan fingerprint density at radius 3 is 2.22 bits per heavy atom. The Hall–Kier alpha value is -1.81. The molecule has 4 heteroatoms. The van der Waals surface area contributed by atoms with E-state index in [9.17, 15) is 0 Å². The van der Waals surface area contributed by atoms with E-state index in [0.29, 0.717) is 0 Å². The van der Waals surface area contributed by atoms with E-state index in [1.165, 1.54) is 0 Å². The van der Waals surface area contributed by atoms with Gasteiger partial charge >= 0.3 is 0 Å². The van der Waals surface area contributed by atoms with Crippen molar-refractivity contribution < 1.29 is 0 Å². The lowest BCUT2D eigenvalue weighted by Crippen LogP contribution is -2.35. The zero-order chi connectivity index (χ0) is 13.0. The number of hydrogen-bond donors (Lipinski definition) is 1. The van der Waals surface area contributed by atoms with Crippen molar-refractivity contribution in [2.75, 3.05) is 0 Å². The maximum absolute atomic E-state index is 4.37. The fourth-order valence-corrected chi connectivity index (χ4v) is 1.46. The van der Waals surface area contributed by atoms with Gasteiger partial charge in [-0.05, 0) is 32.9 Å². The second-order valence-corrected chi connectivity index (χ2v) is 5.25. The van der Waals surface area contributed by atoms with Crippen LogP contribution in [0.25, 0.3) is 11.4 Å². The largest absolute Gasteiger partial charge is 0.308 e. The summed E-state index contributed by atoms with van der Waals surface area (Å²) in [5, 5.41) is 3.41. The second-order valence-electron chi connectivity index (χ2n) is 5.25. The van der Waals surface area contributed by atoms with E-state index in [1.807, 2.05) is 24.5 Å². The van der Waals surface area contributed by atoms with Crippen molar-refractivity contribution in [2.45, 2.75) is 32.9 Å². The molecule has 0 spiro atoms. The van der Waals surface area contributed by atoms with E-state index in [0.717, 1.165) is 23.5 Å². The number of nitrogens with one attached hydrogen (secondary N) is 1. The molecule has 0 saturated heterocycles. The second kappa shape index (κ2) is 5.23. The van der Waals surface area contributed by atoms with Crippen molar-refractivity contribution >= 4 is 0 Å². The van der Waals surface area contributed by atoms with Crippen LogP contribution < -0.4 is 5.32 Å². The van der Waals surface area contributed by atoms with Crippen LogP contribution >= 0.6 is 0 Å². The first-order valence-corrected chi connectivity index (χ1v) is 6.01. The third-order valence-electron chi connectivity index (χ3n) is 2.47. The van der Waals surface area contributed by atoms with Crippen molar-refractivity contribution in [3.05, 3.63) is 42.5 Å². The average Bonchev–Trinajstić information content (AvgIpc) is 2.37. The molecule has 0 radical (unpaired) electrons. The summed E-state index contributed by atoms with van der Waals surface area (Å²) in [6, 6.07) is 3.81. The van der Waals surface area contributed by atoms with Crippen LogP contribution in [-0.2, 0) is 6.54 Å². The molecule has 0 saturated carbocycles. The van der Waals surface area contributed by atoms with E-state index in [2.05, 4.69) is 41.0 Å². The molecular weight excluding hydrogens is 224 g/mol. The van der Waals surface area contributed by atoms with Gasteiger partial charge in [-0.3, -0.25) is 4.98 Å². The molecule has 2 rings (SSSR count). The molecule has 18 heavy (non-hydrogen) atoms. The van der Waals surface area contributed by atoms with Gasteiger partial charge in [0.1, 0.15) is 0 Å². The molecule has 0 atom stereocenters. The predicted octanol–water partition coefficient (Wildman–Crippen LogP) is 2.43. The van der Waals surface area contributed by atoms with Crippen LogP contribution in [0.1, 0.15) is 26.3 Å². The van der Waals surface area contributed by atoms with Crippen molar-refractivity contribution in [3.63, 3.8) is 0 Å². The number of hydrogen-bond acceptors (Lipinski definition) is 4. The van der Waals surface area contributed by atoms with Gasteiger partial charge in [0.25, 0.3) is 0 Å². The summed E-state index contributed by atoms with van der Waals surface area (Å²) in [6.07, 6.45) is 7.21. The topological polar surface area (TPSA) is 50.7 Å². The van der Waals surface area contributed by atoms with Crippen LogP contribution in [0.5, 0.6) is 0 Å². The molecule has 4 nitrogen and oxygen atoms in total. The minimum absolute atomic E-state index is 0.101. The summed E-state index contributed by atoms with van der Waals surface area (Å²) in [5.74, 6) is 0.733. The molecule has 2 aromatic rings. The molecule has 0 bridgehead atoms. The Bertz CT molecular complexity index is 485. The molecule has 0 aliphatic carbocycles. The van der Waals surface area contributed by atoms with Crippen LogP contribution in [0.2, 0.25) is 0 Å². The fraction of sp³-hybridized carbons (Fsp3) is 0.357. The summed E-state index contributed by atoms with van der Waals surface area (Å²) in [5.41, 5.74) is 2.17. The fourth-order valence-electron chi connectivity index (χ4n) is 1.46. The number of aromatic nitrogens is 3. The van der Waals surface area contributed by atoms with Crippen LogP contribution in [0.15, 0.2) is 36.9 Å². The number of nitrogens with zero attached hydrogens (tertiary/aromatic N) is 3. The van der Waals surface area contributed by atoms with E-state index >= 15 is 0 Å². The minimum atomic E-state index is 0.101. The Morgan fingerprint density at radius 2 is 1.67 bits per heavy atom. The van der Waals surface area contributed by atoms with Crippen molar-refractivity contribution in [3.8, 4) is 11.4 Å². The summed E-state index contributed by atoms with van der Waals surface area (Å²) in [4.78, 5) is 12.7. The Labute approximate surface area is 108 Å². The van der Waals surface area contributed by atoms with Gasteiger partial charge in [0.2, 0.25) is 0 Å². The normalized spacial score (nSPS) is 11.5. The van der Waals surface area contributed by atoms with Gasteiger partial charge < -0.3 is 5.32 Å². The van der Waals surface area contributed by atoms with E-state index in [1.54, 1.807) is 12.4 Å². The third-order valence-corrected chi connectivity index (χ3v) is 2.47. The van der Waals surface area contributed by atoms with E-state index in [4.69, 9.17) is 0 Å². The third kappa shape index (κ3) is 3.60. The zero-order valence-electron chi connectivity index (χ0n) is 11.0. The Kier molecular flexibility index (Phi) is 3.67. The van der Waals surface area contributed by atoms with E-state index < -0.39 is 0 Å². The number of pyridine rings is 1. The predicted molar refractivity (Wildman–Crippen MR) is 71.9 cm³/mol. The molecule has 0 aromatic carbocycles. The summed E-state index contributed by atoms with van der Waals surface area (Å²) in [6.45, 7) is 7.19. The van der Waals surface area contributed by atoms with Gasteiger partial charge in [-0.1, -0.05) is 0 Å². The molecule has 1 N–H and O–H groups in total. The highest BCUT2D eigenvalue weighted by Crippen LogP contribution is 2.12. The maximum Gasteiger partial charge on any atom is 0.159 e. The van der Waals surface area contributed by atoms with Gasteiger partial charge in [-0.2, -0.15) is 0 Å². The molecule has 94 valence electrons. The molecule has 0 aliphatic rings. The summed E-state index contributed by atoms with van der Waals surface area (Å²) >= 11 is 0. The van der Waals surface area contributed by atoms with Crippen LogP contribution in [0, 0.1) is 0 Å². The maximum atomic E-state index is 4.37. The molecule has 0 unspecified atom stereocenters. The lowest BCUT2D eigenvalue weighted by Gasteiger charge is -2.20. The zero-order valence-corrected chi connectivity index (χ0v) is 11.0. The SMILES string of the molecule is CC(C)(C)NCc1cnc(-c2ccncc2)nc1. The first kappa shape index (κ1) is 12.6. The van der Waals surface area contributed by atoms with Gasteiger partial charge in [0.05, 0.1) is 0 Å². The minimum Gasteiger partial charge on any atom is -0.308 e. The lowest BCUT2D eigenvalue weighted by molar-refractivity contribution is 0.423. The van der Waals surface area contributed by atoms with Gasteiger partial charge in [-0.15, -0.1) is 0 Å². The highest BCUT2D eigenvalue weighted by molar-refractivity contribution is 5.53. The van der Waals surface area contributed by atoms with Crippen LogP contribution in [-0.4, -0.2) is 20.5 Å².